The van der Waals surface area contributed by atoms with Crippen molar-refractivity contribution in [3.05, 3.63) is 0 Å². The molecule has 0 aliphatic carbocycles. The van der Waals surface area contributed by atoms with E-state index in [0.717, 1.165) is 0 Å². The van der Waals surface area contributed by atoms with Crippen LogP contribution in [0.2, 0.25) is 0 Å². The average Bonchev–Trinajstić information content (AvgIpc) is 2.85. The molecule has 1 aliphatic heterocycles. The SMILES string of the molecule is CC(=O)OCC(CN1CCN(COC(C)=O)CCN(C(C)(COC(C)=O)OC(C)=O)CC1)OC(C)=O. The summed E-state index contributed by atoms with van der Waals surface area (Å²) in [5.74, 6) is -2.45. The van der Waals surface area contributed by atoms with Gasteiger partial charge in [0.05, 0.1) is 0 Å². The van der Waals surface area contributed by atoms with Crippen LogP contribution in [0.1, 0.15) is 41.5 Å². The van der Waals surface area contributed by atoms with Crippen LogP contribution in [0.5, 0.6) is 0 Å². The summed E-state index contributed by atoms with van der Waals surface area (Å²) in [6, 6.07) is 0. The summed E-state index contributed by atoms with van der Waals surface area (Å²) in [6.07, 6.45) is -0.691. The van der Waals surface area contributed by atoms with Gasteiger partial charge in [-0.2, -0.15) is 0 Å². The van der Waals surface area contributed by atoms with Crippen LogP contribution in [0.15, 0.2) is 0 Å². The van der Waals surface area contributed by atoms with Crippen molar-refractivity contribution in [2.75, 3.05) is 65.8 Å². The van der Waals surface area contributed by atoms with Gasteiger partial charge in [-0.05, 0) is 6.92 Å². The van der Waals surface area contributed by atoms with Crippen LogP contribution in [-0.4, -0.2) is 122 Å². The van der Waals surface area contributed by atoms with Crippen LogP contribution in [-0.2, 0) is 47.7 Å². The molecule has 0 aromatic heterocycles. The maximum Gasteiger partial charge on any atom is 0.304 e. The molecule has 13 nitrogen and oxygen atoms in total. The van der Waals surface area contributed by atoms with Gasteiger partial charge in [0.15, 0.2) is 5.72 Å². The van der Waals surface area contributed by atoms with Gasteiger partial charge in [0.1, 0.15) is 26.0 Å². The first-order valence-corrected chi connectivity index (χ1v) is 11.8. The van der Waals surface area contributed by atoms with Crippen LogP contribution in [0.3, 0.4) is 0 Å². The minimum atomic E-state index is -1.24. The van der Waals surface area contributed by atoms with Gasteiger partial charge in [0, 0.05) is 80.4 Å². The summed E-state index contributed by atoms with van der Waals surface area (Å²) in [4.78, 5) is 63.4. The Morgan fingerprint density at radius 1 is 0.694 bits per heavy atom. The van der Waals surface area contributed by atoms with Crippen molar-refractivity contribution in [1.82, 2.24) is 14.7 Å². The summed E-state index contributed by atoms with van der Waals surface area (Å²) in [5.41, 5.74) is -1.24. The van der Waals surface area contributed by atoms with Gasteiger partial charge < -0.3 is 23.7 Å². The predicted molar refractivity (Wildman–Crippen MR) is 125 cm³/mol. The highest BCUT2D eigenvalue weighted by atomic mass is 16.6. The van der Waals surface area contributed by atoms with E-state index in [1.54, 1.807) is 6.92 Å². The lowest BCUT2D eigenvalue weighted by Crippen LogP contribution is -2.56. The Bertz CT molecular complexity index is 777. The highest BCUT2D eigenvalue weighted by molar-refractivity contribution is 5.68. The Balaban J connectivity index is 3.14. The molecule has 206 valence electrons. The number of rotatable bonds is 11. The van der Waals surface area contributed by atoms with E-state index in [1.165, 1.54) is 34.6 Å². The van der Waals surface area contributed by atoms with Crippen molar-refractivity contribution in [3.8, 4) is 0 Å². The van der Waals surface area contributed by atoms with Crippen molar-refractivity contribution < 1.29 is 47.7 Å². The van der Waals surface area contributed by atoms with Gasteiger partial charge in [-0.3, -0.25) is 38.7 Å². The van der Waals surface area contributed by atoms with Gasteiger partial charge in [0.25, 0.3) is 0 Å². The highest BCUT2D eigenvalue weighted by Crippen LogP contribution is 2.20. The van der Waals surface area contributed by atoms with Gasteiger partial charge >= 0.3 is 29.8 Å². The van der Waals surface area contributed by atoms with E-state index in [0.29, 0.717) is 39.3 Å². The third-order valence-corrected chi connectivity index (χ3v) is 5.40. The Labute approximate surface area is 211 Å². The van der Waals surface area contributed by atoms with Crippen LogP contribution in [0, 0.1) is 0 Å². The van der Waals surface area contributed by atoms with Crippen molar-refractivity contribution in [1.29, 1.82) is 0 Å². The lowest BCUT2D eigenvalue weighted by Gasteiger charge is -2.40. The van der Waals surface area contributed by atoms with Gasteiger partial charge in [-0.25, -0.2) is 0 Å². The minimum absolute atomic E-state index is 0.0616. The molecule has 0 aromatic carbocycles. The molecular weight excluding hydrogens is 478 g/mol. The van der Waals surface area contributed by atoms with E-state index in [2.05, 4.69) is 0 Å². The zero-order valence-electron chi connectivity index (χ0n) is 22.1. The monoisotopic (exact) mass is 517 g/mol. The maximum atomic E-state index is 11.9. The van der Waals surface area contributed by atoms with E-state index >= 15 is 0 Å². The number of ether oxygens (including phenoxy) is 5. The van der Waals surface area contributed by atoms with Crippen LogP contribution in [0.25, 0.3) is 0 Å². The number of carbonyl (C=O) groups is 5. The van der Waals surface area contributed by atoms with Crippen molar-refractivity contribution in [3.63, 3.8) is 0 Å². The normalized spacial score (nSPS) is 18.4. The molecule has 1 heterocycles. The van der Waals surface area contributed by atoms with Crippen LogP contribution in [0.4, 0.5) is 0 Å². The summed E-state index contributed by atoms with van der Waals surface area (Å²) in [7, 11) is 0. The molecule has 1 aliphatic rings. The fourth-order valence-corrected chi connectivity index (χ4v) is 3.70. The number of nitrogens with zero attached hydrogens (tertiary/aromatic N) is 3. The number of hydrogen-bond donors (Lipinski definition) is 0. The molecule has 0 saturated carbocycles. The summed E-state index contributed by atoms with van der Waals surface area (Å²) >= 11 is 0. The van der Waals surface area contributed by atoms with Crippen LogP contribution < -0.4 is 0 Å². The standard InChI is InChI=1S/C23H39N3O10/c1-17(27)32-14-22(35-20(4)30)13-24-7-8-25(16-34-19(3)29)10-12-26(11-9-24)23(6,36-21(5)31)15-33-18(2)28/h22H,7-16H2,1-6H3. The predicted octanol–water partition coefficient (Wildman–Crippen LogP) is -0.236. The third kappa shape index (κ3) is 12.8. The molecule has 0 radical (unpaired) electrons. The number of carbonyl (C=O) groups excluding carboxylic acids is 5. The fourth-order valence-electron chi connectivity index (χ4n) is 3.70. The molecule has 1 saturated heterocycles. The quantitative estimate of drug-likeness (QED) is 0.263. The molecule has 0 aromatic rings. The smallest absolute Gasteiger partial charge is 0.304 e. The number of hydrogen-bond acceptors (Lipinski definition) is 13. The molecule has 2 unspecified atom stereocenters. The average molecular weight is 518 g/mol. The molecule has 13 heteroatoms. The van der Waals surface area contributed by atoms with Crippen LogP contribution >= 0.6 is 0 Å². The zero-order valence-corrected chi connectivity index (χ0v) is 22.1. The topological polar surface area (TPSA) is 141 Å². The Morgan fingerprint density at radius 3 is 1.75 bits per heavy atom. The Hall–Kier alpha value is -2.77. The Kier molecular flexibility index (Phi) is 13.3. The second-order valence-electron chi connectivity index (χ2n) is 8.75. The fraction of sp³-hybridized carbons (Fsp3) is 0.783. The zero-order chi connectivity index (χ0) is 27.3. The van der Waals surface area contributed by atoms with E-state index in [1.807, 2.05) is 14.7 Å². The molecule has 36 heavy (non-hydrogen) atoms. The van der Waals surface area contributed by atoms with Gasteiger partial charge in [-0.1, -0.05) is 0 Å². The van der Waals surface area contributed by atoms with E-state index in [-0.39, 0.29) is 26.5 Å². The third-order valence-electron chi connectivity index (χ3n) is 5.40. The first kappa shape index (κ1) is 31.3. The van der Waals surface area contributed by atoms with E-state index < -0.39 is 41.7 Å². The summed E-state index contributed by atoms with van der Waals surface area (Å²) in [6.45, 7) is 11.0. The maximum absolute atomic E-state index is 11.9. The van der Waals surface area contributed by atoms with Crippen molar-refractivity contribution in [2.24, 2.45) is 0 Å². The minimum Gasteiger partial charge on any atom is -0.462 e. The van der Waals surface area contributed by atoms with Crippen molar-refractivity contribution in [2.45, 2.75) is 53.4 Å². The molecule has 1 fully saturated rings. The lowest BCUT2D eigenvalue weighted by atomic mass is 10.2. The molecule has 0 spiro atoms. The largest absolute Gasteiger partial charge is 0.462 e. The van der Waals surface area contributed by atoms with E-state index in [9.17, 15) is 24.0 Å². The first-order chi connectivity index (χ1) is 16.8. The Morgan fingerprint density at radius 2 is 1.22 bits per heavy atom. The van der Waals surface area contributed by atoms with Gasteiger partial charge in [-0.15, -0.1) is 0 Å². The second-order valence-corrected chi connectivity index (χ2v) is 8.75. The molecule has 0 N–H and O–H groups in total. The van der Waals surface area contributed by atoms with Crippen molar-refractivity contribution >= 4 is 29.8 Å². The molecular formula is C23H39N3O10. The summed E-state index contributed by atoms with van der Waals surface area (Å²) < 4.78 is 26.4. The molecule has 1 rings (SSSR count). The lowest BCUT2D eigenvalue weighted by molar-refractivity contribution is -0.197. The van der Waals surface area contributed by atoms with Gasteiger partial charge in [0.2, 0.25) is 0 Å². The van der Waals surface area contributed by atoms with E-state index in [4.69, 9.17) is 23.7 Å². The highest BCUT2D eigenvalue weighted by Gasteiger charge is 2.37. The molecule has 2 atom stereocenters. The molecule has 0 bridgehead atoms. The summed E-state index contributed by atoms with van der Waals surface area (Å²) in [5, 5.41) is 0. The second kappa shape index (κ2) is 15.4. The number of esters is 5. The first-order valence-electron chi connectivity index (χ1n) is 11.8. The molecule has 0 amide bonds.